The summed E-state index contributed by atoms with van der Waals surface area (Å²) in [4.78, 5) is 30.6. The second-order valence-electron chi connectivity index (χ2n) is 8.63. The molecule has 1 aliphatic heterocycles. The van der Waals surface area contributed by atoms with Crippen molar-refractivity contribution in [3.8, 4) is 0 Å². The standard InChI is InChI=1S/C26H34N2O4S/c1-19(2)32-26(30)12-11-25(29)31-18-27-13-15-28(16-14-27)22-7-5-6-8-24(22)33-23-10-9-20(3)17-21(23)4/h5-10,17,19H,11-16,18H2,1-4H3. The number of ether oxygens (including phenoxy) is 2. The normalized spacial score (nSPS) is 14.4. The third-order valence-corrected chi connectivity index (χ3v) is 6.68. The van der Waals surface area contributed by atoms with Crippen LogP contribution in [-0.4, -0.2) is 55.9 Å². The Morgan fingerprint density at radius 2 is 1.64 bits per heavy atom. The Morgan fingerprint density at radius 1 is 0.939 bits per heavy atom. The van der Waals surface area contributed by atoms with Gasteiger partial charge in [-0.15, -0.1) is 0 Å². The number of esters is 2. The van der Waals surface area contributed by atoms with Gasteiger partial charge in [0.2, 0.25) is 0 Å². The Kier molecular flexibility index (Phi) is 9.21. The van der Waals surface area contributed by atoms with E-state index in [-0.39, 0.29) is 37.6 Å². The van der Waals surface area contributed by atoms with Crippen molar-refractivity contribution in [2.24, 2.45) is 0 Å². The molecule has 0 bridgehead atoms. The predicted molar refractivity (Wildman–Crippen MR) is 132 cm³/mol. The molecular weight excluding hydrogens is 436 g/mol. The fourth-order valence-electron chi connectivity index (χ4n) is 3.72. The molecule has 1 saturated heterocycles. The van der Waals surface area contributed by atoms with Gasteiger partial charge in [-0.2, -0.15) is 0 Å². The molecule has 1 fully saturated rings. The Bertz CT molecular complexity index is 955. The quantitative estimate of drug-likeness (QED) is 0.488. The molecule has 0 aromatic heterocycles. The molecule has 0 atom stereocenters. The predicted octanol–water partition coefficient (Wildman–Crippen LogP) is 4.81. The van der Waals surface area contributed by atoms with Gasteiger partial charge in [-0.3, -0.25) is 14.5 Å². The van der Waals surface area contributed by atoms with E-state index in [0.717, 1.165) is 26.2 Å². The van der Waals surface area contributed by atoms with Crippen LogP contribution in [0, 0.1) is 13.8 Å². The van der Waals surface area contributed by atoms with E-state index in [1.54, 1.807) is 13.8 Å². The third kappa shape index (κ3) is 7.79. The number of rotatable bonds is 9. The first-order valence-electron chi connectivity index (χ1n) is 11.5. The van der Waals surface area contributed by atoms with E-state index in [9.17, 15) is 9.59 Å². The molecule has 0 radical (unpaired) electrons. The summed E-state index contributed by atoms with van der Waals surface area (Å²) in [6.07, 6.45) is -0.0666. The highest BCUT2D eigenvalue weighted by Gasteiger charge is 2.21. The molecule has 0 aliphatic carbocycles. The number of hydrogen-bond donors (Lipinski definition) is 0. The van der Waals surface area contributed by atoms with Crippen LogP contribution in [0.1, 0.15) is 37.8 Å². The van der Waals surface area contributed by atoms with Gasteiger partial charge in [0, 0.05) is 36.0 Å². The molecule has 0 N–H and O–H groups in total. The molecule has 2 aromatic rings. The van der Waals surface area contributed by atoms with E-state index < -0.39 is 0 Å². The molecule has 1 heterocycles. The first-order valence-corrected chi connectivity index (χ1v) is 12.3. The lowest BCUT2D eigenvalue weighted by Crippen LogP contribution is -2.47. The molecule has 3 rings (SSSR count). The van der Waals surface area contributed by atoms with Crippen LogP contribution < -0.4 is 4.90 Å². The number of aryl methyl sites for hydroxylation is 2. The summed E-state index contributed by atoms with van der Waals surface area (Å²) in [5.41, 5.74) is 3.80. The van der Waals surface area contributed by atoms with Gasteiger partial charge in [0.05, 0.1) is 24.6 Å². The fraction of sp³-hybridized carbons (Fsp3) is 0.462. The maximum absolute atomic E-state index is 12.0. The van der Waals surface area contributed by atoms with Gasteiger partial charge >= 0.3 is 11.9 Å². The first kappa shape index (κ1) is 25.1. The number of hydrogen-bond acceptors (Lipinski definition) is 7. The smallest absolute Gasteiger partial charge is 0.307 e. The van der Waals surface area contributed by atoms with Gasteiger partial charge < -0.3 is 14.4 Å². The second-order valence-corrected chi connectivity index (χ2v) is 9.71. The molecule has 0 unspecified atom stereocenters. The lowest BCUT2D eigenvalue weighted by Gasteiger charge is -2.36. The van der Waals surface area contributed by atoms with Crippen molar-refractivity contribution in [3.63, 3.8) is 0 Å². The summed E-state index contributed by atoms with van der Waals surface area (Å²) in [6.45, 7) is 11.5. The van der Waals surface area contributed by atoms with Gasteiger partial charge in [-0.25, -0.2) is 0 Å². The lowest BCUT2D eigenvalue weighted by atomic mass is 10.2. The molecule has 0 saturated carbocycles. The van der Waals surface area contributed by atoms with Crippen LogP contribution in [-0.2, 0) is 19.1 Å². The molecule has 1 aliphatic rings. The molecule has 33 heavy (non-hydrogen) atoms. The molecule has 178 valence electrons. The maximum atomic E-state index is 12.0. The minimum absolute atomic E-state index is 0.0501. The van der Waals surface area contributed by atoms with Crippen LogP contribution in [0.2, 0.25) is 0 Å². The highest BCUT2D eigenvalue weighted by molar-refractivity contribution is 7.99. The molecule has 7 heteroatoms. The summed E-state index contributed by atoms with van der Waals surface area (Å²) < 4.78 is 10.4. The number of anilines is 1. The van der Waals surface area contributed by atoms with Gasteiger partial charge in [0.25, 0.3) is 0 Å². The van der Waals surface area contributed by atoms with Gasteiger partial charge in [-0.1, -0.05) is 41.6 Å². The number of carbonyl (C=O) groups excluding carboxylic acids is 2. The zero-order chi connectivity index (χ0) is 23.8. The van der Waals surface area contributed by atoms with Crippen LogP contribution >= 0.6 is 11.8 Å². The summed E-state index contributed by atoms with van der Waals surface area (Å²) in [7, 11) is 0. The van der Waals surface area contributed by atoms with E-state index in [0.29, 0.717) is 0 Å². The summed E-state index contributed by atoms with van der Waals surface area (Å²) in [5, 5.41) is 0. The van der Waals surface area contributed by atoms with Crippen molar-refractivity contribution in [3.05, 3.63) is 53.6 Å². The largest absolute Gasteiger partial charge is 0.463 e. The monoisotopic (exact) mass is 470 g/mol. The summed E-state index contributed by atoms with van der Waals surface area (Å²) in [6, 6.07) is 15.1. The fourth-order valence-corrected chi connectivity index (χ4v) is 4.76. The van der Waals surface area contributed by atoms with Crippen molar-refractivity contribution in [1.29, 1.82) is 0 Å². The van der Waals surface area contributed by atoms with Gasteiger partial charge in [0.1, 0.15) is 6.73 Å². The Hall–Kier alpha value is -2.51. The van der Waals surface area contributed by atoms with Crippen LogP contribution in [0.15, 0.2) is 52.3 Å². The number of piperazine rings is 1. The topological polar surface area (TPSA) is 59.1 Å². The Morgan fingerprint density at radius 3 is 2.33 bits per heavy atom. The van der Waals surface area contributed by atoms with E-state index in [2.05, 4.69) is 66.1 Å². The first-order chi connectivity index (χ1) is 15.8. The number of carbonyl (C=O) groups is 2. The van der Waals surface area contributed by atoms with E-state index in [4.69, 9.17) is 9.47 Å². The molecule has 0 amide bonds. The van der Waals surface area contributed by atoms with E-state index in [1.165, 1.54) is 26.6 Å². The highest BCUT2D eigenvalue weighted by atomic mass is 32.2. The van der Waals surface area contributed by atoms with Gasteiger partial charge in [-0.05, 0) is 51.5 Å². The van der Waals surface area contributed by atoms with E-state index in [1.807, 2.05) is 11.8 Å². The lowest BCUT2D eigenvalue weighted by molar-refractivity contribution is -0.155. The van der Waals surface area contributed by atoms with Crippen LogP contribution in [0.5, 0.6) is 0 Å². The third-order valence-electron chi connectivity index (χ3n) is 5.44. The zero-order valence-corrected chi connectivity index (χ0v) is 20.8. The second kappa shape index (κ2) is 12.1. The number of para-hydroxylation sites is 1. The van der Waals surface area contributed by atoms with Gasteiger partial charge in [0.15, 0.2) is 0 Å². The van der Waals surface area contributed by atoms with Crippen LogP contribution in [0.25, 0.3) is 0 Å². The Balaban J connectivity index is 1.48. The number of benzene rings is 2. The zero-order valence-electron chi connectivity index (χ0n) is 20.0. The maximum Gasteiger partial charge on any atom is 0.307 e. The van der Waals surface area contributed by atoms with Crippen molar-refractivity contribution in [2.45, 2.75) is 56.4 Å². The molecule has 6 nitrogen and oxygen atoms in total. The van der Waals surface area contributed by atoms with Crippen molar-refractivity contribution in [1.82, 2.24) is 4.90 Å². The van der Waals surface area contributed by atoms with Crippen molar-refractivity contribution >= 4 is 29.4 Å². The van der Waals surface area contributed by atoms with Crippen LogP contribution in [0.3, 0.4) is 0 Å². The Labute approximate surface area is 201 Å². The molecule has 2 aromatic carbocycles. The minimum Gasteiger partial charge on any atom is -0.463 e. The summed E-state index contributed by atoms with van der Waals surface area (Å²) in [5.74, 6) is -0.735. The van der Waals surface area contributed by atoms with Crippen LogP contribution in [0.4, 0.5) is 5.69 Å². The minimum atomic E-state index is -0.368. The SMILES string of the molecule is Cc1ccc(Sc2ccccc2N2CCN(COC(=O)CCC(=O)OC(C)C)CC2)c(C)c1. The molecule has 0 spiro atoms. The summed E-state index contributed by atoms with van der Waals surface area (Å²) >= 11 is 1.81. The highest BCUT2D eigenvalue weighted by Crippen LogP contribution is 2.37. The average Bonchev–Trinajstić information content (AvgIpc) is 2.78. The average molecular weight is 471 g/mol. The van der Waals surface area contributed by atoms with Crippen molar-refractivity contribution in [2.75, 3.05) is 37.8 Å². The number of nitrogens with zero attached hydrogens (tertiary/aromatic N) is 2. The van der Waals surface area contributed by atoms with Crippen molar-refractivity contribution < 1.29 is 19.1 Å². The molecular formula is C26H34N2O4S. The van der Waals surface area contributed by atoms with E-state index >= 15 is 0 Å².